The summed E-state index contributed by atoms with van der Waals surface area (Å²) in [4.78, 5) is 21.9. The summed E-state index contributed by atoms with van der Waals surface area (Å²) in [6.45, 7) is 1.67. The van der Waals surface area contributed by atoms with Crippen LogP contribution in [-0.4, -0.2) is 20.9 Å². The molecular formula is C14H14N4O. The van der Waals surface area contributed by atoms with Gasteiger partial charge in [-0.05, 0) is 5.56 Å². The van der Waals surface area contributed by atoms with Gasteiger partial charge in [0, 0.05) is 18.3 Å². The zero-order valence-corrected chi connectivity index (χ0v) is 10.4. The number of amides is 2. The van der Waals surface area contributed by atoms with E-state index in [4.69, 9.17) is 0 Å². The molecule has 96 valence electrons. The summed E-state index contributed by atoms with van der Waals surface area (Å²) in [5.41, 5.74) is 3.05. The highest BCUT2D eigenvalue weighted by atomic mass is 16.2. The number of hydrogen-bond donors (Lipinski definition) is 1. The van der Waals surface area contributed by atoms with E-state index >= 15 is 0 Å². The molecule has 0 atom stereocenters. The predicted octanol–water partition coefficient (Wildman–Crippen LogP) is 1.70. The van der Waals surface area contributed by atoms with Gasteiger partial charge in [0.25, 0.3) is 0 Å². The molecule has 1 aromatic carbocycles. The largest absolute Gasteiger partial charge is 0.334 e. The number of carbonyl (C=O) groups excluding carboxylic acids is 1. The fourth-order valence-corrected chi connectivity index (χ4v) is 2.13. The van der Waals surface area contributed by atoms with Gasteiger partial charge in [-0.25, -0.2) is 14.8 Å². The first kappa shape index (κ1) is 11.6. The molecular weight excluding hydrogens is 240 g/mol. The SMILES string of the molecule is O=C(NCc1ccccc1)N1Cc2cncnc2C1. The Bertz CT molecular complexity index is 560. The van der Waals surface area contributed by atoms with Gasteiger partial charge in [-0.1, -0.05) is 30.3 Å². The van der Waals surface area contributed by atoms with Crippen LogP contribution in [0.15, 0.2) is 42.9 Å². The highest BCUT2D eigenvalue weighted by molar-refractivity contribution is 5.74. The summed E-state index contributed by atoms with van der Waals surface area (Å²) in [5.74, 6) is 0. The number of carbonyl (C=O) groups is 1. The van der Waals surface area contributed by atoms with Crippen molar-refractivity contribution in [2.45, 2.75) is 19.6 Å². The molecule has 0 radical (unpaired) electrons. The fourth-order valence-electron chi connectivity index (χ4n) is 2.13. The average Bonchev–Trinajstić information content (AvgIpc) is 2.90. The minimum absolute atomic E-state index is 0.0677. The number of nitrogens with one attached hydrogen (secondary N) is 1. The zero-order chi connectivity index (χ0) is 13.1. The van der Waals surface area contributed by atoms with Gasteiger partial charge < -0.3 is 10.2 Å². The number of fused-ring (bicyclic) bond motifs is 1. The molecule has 0 spiro atoms. The van der Waals surface area contributed by atoms with Crippen LogP contribution in [-0.2, 0) is 19.6 Å². The molecule has 2 aromatic rings. The van der Waals surface area contributed by atoms with Crippen LogP contribution in [0.2, 0.25) is 0 Å². The Hall–Kier alpha value is -2.43. The number of rotatable bonds is 2. The summed E-state index contributed by atoms with van der Waals surface area (Å²) in [6.07, 6.45) is 3.29. The Labute approximate surface area is 111 Å². The first-order chi connectivity index (χ1) is 9.33. The second-order valence-corrected chi connectivity index (χ2v) is 4.50. The van der Waals surface area contributed by atoms with Crippen LogP contribution in [0.25, 0.3) is 0 Å². The van der Waals surface area contributed by atoms with Crippen molar-refractivity contribution < 1.29 is 4.79 Å². The Morgan fingerprint density at radius 3 is 2.89 bits per heavy atom. The van der Waals surface area contributed by atoms with E-state index in [1.165, 1.54) is 6.33 Å². The van der Waals surface area contributed by atoms with Crippen molar-refractivity contribution in [1.29, 1.82) is 0 Å². The summed E-state index contributed by atoms with van der Waals surface area (Å²) in [5, 5.41) is 2.91. The molecule has 3 rings (SSSR count). The van der Waals surface area contributed by atoms with Gasteiger partial charge in [-0.2, -0.15) is 0 Å². The Kier molecular flexibility index (Phi) is 3.10. The molecule has 2 heterocycles. The van der Waals surface area contributed by atoms with Crippen LogP contribution in [0.5, 0.6) is 0 Å². The number of nitrogens with zero attached hydrogens (tertiary/aromatic N) is 3. The van der Waals surface area contributed by atoms with E-state index in [9.17, 15) is 4.79 Å². The third-order valence-electron chi connectivity index (χ3n) is 3.16. The van der Waals surface area contributed by atoms with E-state index in [0.717, 1.165) is 16.8 Å². The second-order valence-electron chi connectivity index (χ2n) is 4.50. The highest BCUT2D eigenvalue weighted by Crippen LogP contribution is 2.19. The van der Waals surface area contributed by atoms with E-state index in [0.29, 0.717) is 19.6 Å². The van der Waals surface area contributed by atoms with E-state index in [1.807, 2.05) is 30.3 Å². The standard InChI is InChI=1S/C14H14N4O/c19-14(16-6-11-4-2-1-3-5-11)18-8-12-7-15-10-17-13(12)9-18/h1-5,7,10H,6,8-9H2,(H,16,19). The molecule has 0 saturated carbocycles. The first-order valence-electron chi connectivity index (χ1n) is 6.17. The van der Waals surface area contributed by atoms with E-state index in [2.05, 4.69) is 15.3 Å². The van der Waals surface area contributed by atoms with Crippen molar-refractivity contribution in [3.8, 4) is 0 Å². The fraction of sp³-hybridized carbons (Fsp3) is 0.214. The predicted molar refractivity (Wildman–Crippen MR) is 70.0 cm³/mol. The Balaban J connectivity index is 1.58. The van der Waals surface area contributed by atoms with Gasteiger partial charge in [0.05, 0.1) is 18.8 Å². The van der Waals surface area contributed by atoms with Gasteiger partial charge in [0.2, 0.25) is 0 Å². The average molecular weight is 254 g/mol. The van der Waals surface area contributed by atoms with Crippen molar-refractivity contribution in [3.05, 3.63) is 59.7 Å². The summed E-state index contributed by atoms with van der Waals surface area (Å²) >= 11 is 0. The van der Waals surface area contributed by atoms with Gasteiger partial charge in [-0.15, -0.1) is 0 Å². The molecule has 0 unspecified atom stereocenters. The van der Waals surface area contributed by atoms with E-state index < -0.39 is 0 Å². The molecule has 1 aromatic heterocycles. The van der Waals surface area contributed by atoms with Gasteiger partial charge in [-0.3, -0.25) is 0 Å². The molecule has 0 bridgehead atoms. The Morgan fingerprint density at radius 2 is 2.11 bits per heavy atom. The van der Waals surface area contributed by atoms with E-state index in [-0.39, 0.29) is 6.03 Å². The first-order valence-corrected chi connectivity index (χ1v) is 6.17. The normalized spacial score (nSPS) is 13.2. The van der Waals surface area contributed by atoms with Crippen molar-refractivity contribution in [3.63, 3.8) is 0 Å². The van der Waals surface area contributed by atoms with Crippen LogP contribution < -0.4 is 5.32 Å². The topological polar surface area (TPSA) is 58.1 Å². The van der Waals surface area contributed by atoms with Gasteiger partial charge in [0.1, 0.15) is 6.33 Å². The molecule has 1 N–H and O–H groups in total. The minimum Gasteiger partial charge on any atom is -0.334 e. The van der Waals surface area contributed by atoms with Crippen LogP contribution >= 0.6 is 0 Å². The molecule has 2 amide bonds. The number of hydrogen-bond acceptors (Lipinski definition) is 3. The Morgan fingerprint density at radius 1 is 1.26 bits per heavy atom. The quantitative estimate of drug-likeness (QED) is 0.887. The zero-order valence-electron chi connectivity index (χ0n) is 10.4. The smallest absolute Gasteiger partial charge is 0.318 e. The molecule has 5 nitrogen and oxygen atoms in total. The number of aromatic nitrogens is 2. The van der Waals surface area contributed by atoms with Crippen molar-refractivity contribution >= 4 is 6.03 Å². The maximum absolute atomic E-state index is 12.1. The van der Waals surface area contributed by atoms with Crippen LogP contribution in [0.4, 0.5) is 4.79 Å². The van der Waals surface area contributed by atoms with Gasteiger partial charge in [0.15, 0.2) is 0 Å². The number of benzene rings is 1. The minimum atomic E-state index is -0.0677. The lowest BCUT2D eigenvalue weighted by Gasteiger charge is -2.16. The third-order valence-corrected chi connectivity index (χ3v) is 3.16. The molecule has 0 fully saturated rings. The highest BCUT2D eigenvalue weighted by Gasteiger charge is 2.23. The van der Waals surface area contributed by atoms with Crippen LogP contribution in [0, 0.1) is 0 Å². The summed E-state index contributed by atoms with van der Waals surface area (Å²) in [7, 11) is 0. The van der Waals surface area contributed by atoms with Gasteiger partial charge >= 0.3 is 6.03 Å². The molecule has 1 aliphatic heterocycles. The van der Waals surface area contributed by atoms with Crippen molar-refractivity contribution in [1.82, 2.24) is 20.2 Å². The summed E-state index contributed by atoms with van der Waals surface area (Å²) in [6, 6.07) is 9.80. The maximum Gasteiger partial charge on any atom is 0.318 e. The van der Waals surface area contributed by atoms with Crippen LogP contribution in [0.1, 0.15) is 16.8 Å². The lowest BCUT2D eigenvalue weighted by Crippen LogP contribution is -2.36. The molecule has 0 aliphatic carbocycles. The van der Waals surface area contributed by atoms with E-state index in [1.54, 1.807) is 11.1 Å². The second kappa shape index (κ2) is 5.06. The molecule has 1 aliphatic rings. The van der Waals surface area contributed by atoms with Crippen LogP contribution in [0.3, 0.4) is 0 Å². The molecule has 5 heteroatoms. The van der Waals surface area contributed by atoms with Crippen molar-refractivity contribution in [2.75, 3.05) is 0 Å². The van der Waals surface area contributed by atoms with Crippen molar-refractivity contribution in [2.24, 2.45) is 0 Å². The summed E-state index contributed by atoms with van der Waals surface area (Å²) < 4.78 is 0. The lowest BCUT2D eigenvalue weighted by molar-refractivity contribution is 0.197. The molecule has 0 saturated heterocycles. The molecule has 19 heavy (non-hydrogen) atoms. The maximum atomic E-state index is 12.1. The third kappa shape index (κ3) is 2.54. The lowest BCUT2D eigenvalue weighted by atomic mass is 10.2. The monoisotopic (exact) mass is 254 g/mol. The number of urea groups is 1.